The zero-order valence-electron chi connectivity index (χ0n) is 16.9. The van der Waals surface area contributed by atoms with Crippen LogP contribution in [0.1, 0.15) is 65.7 Å². The highest BCUT2D eigenvalue weighted by atomic mass is 16.5. The van der Waals surface area contributed by atoms with E-state index in [1.54, 1.807) is 19.1 Å². The van der Waals surface area contributed by atoms with E-state index in [2.05, 4.69) is 11.4 Å². The molecule has 2 aromatic carbocycles. The third-order valence-electron chi connectivity index (χ3n) is 5.29. The number of ether oxygens (including phenoxy) is 1. The van der Waals surface area contributed by atoms with Gasteiger partial charge in [0.2, 0.25) is 0 Å². The van der Waals surface area contributed by atoms with Crippen LogP contribution in [0.5, 0.6) is 0 Å². The van der Waals surface area contributed by atoms with Gasteiger partial charge in [-0.3, -0.25) is 14.4 Å². The number of amides is 1. The van der Waals surface area contributed by atoms with E-state index >= 15 is 0 Å². The molecule has 2 atom stereocenters. The SMILES string of the molecule is Cc1ccc(C(=O)CCC(=O)OC(C)C(=O)NC2CCCc3ccccc32)cc1. The van der Waals surface area contributed by atoms with Crippen molar-refractivity contribution in [3.63, 3.8) is 0 Å². The zero-order chi connectivity index (χ0) is 20.8. The number of Topliss-reactive ketones (excluding diaryl/α,β-unsaturated/α-hetero) is 1. The van der Waals surface area contributed by atoms with Gasteiger partial charge in [-0.05, 0) is 44.2 Å². The number of nitrogens with one attached hydrogen (secondary N) is 1. The molecule has 0 fully saturated rings. The van der Waals surface area contributed by atoms with E-state index in [1.165, 1.54) is 5.56 Å². The molecule has 0 bridgehead atoms. The normalized spacial score (nSPS) is 16.4. The van der Waals surface area contributed by atoms with Crippen molar-refractivity contribution in [2.24, 2.45) is 0 Å². The Morgan fingerprint density at radius 3 is 2.55 bits per heavy atom. The molecule has 0 spiro atoms. The lowest BCUT2D eigenvalue weighted by Crippen LogP contribution is -2.39. The Kier molecular flexibility index (Phi) is 6.81. The van der Waals surface area contributed by atoms with E-state index in [-0.39, 0.29) is 30.6 Å². The Labute approximate surface area is 171 Å². The number of carbonyl (C=O) groups is 3. The predicted octanol–water partition coefficient (Wildman–Crippen LogP) is 4.08. The fraction of sp³-hybridized carbons (Fsp3) is 0.375. The lowest BCUT2D eigenvalue weighted by Gasteiger charge is -2.27. The summed E-state index contributed by atoms with van der Waals surface area (Å²) in [6.07, 6.45) is 2.02. The van der Waals surface area contributed by atoms with Gasteiger partial charge in [0.25, 0.3) is 5.91 Å². The third kappa shape index (κ3) is 5.53. The minimum atomic E-state index is -0.897. The van der Waals surface area contributed by atoms with Crippen LogP contribution in [0.25, 0.3) is 0 Å². The molecule has 0 aromatic heterocycles. The number of carbonyl (C=O) groups excluding carboxylic acids is 3. The molecule has 0 saturated heterocycles. The van der Waals surface area contributed by atoms with Crippen LogP contribution in [0.2, 0.25) is 0 Å². The van der Waals surface area contributed by atoms with E-state index in [1.807, 2.05) is 37.3 Å². The molecular weight excluding hydrogens is 366 g/mol. The van der Waals surface area contributed by atoms with Crippen molar-refractivity contribution >= 4 is 17.7 Å². The Morgan fingerprint density at radius 1 is 1.07 bits per heavy atom. The molecule has 2 aromatic rings. The lowest BCUT2D eigenvalue weighted by atomic mass is 9.87. The standard InChI is InChI=1S/C24H27NO4/c1-16-10-12-19(13-11-16)22(26)14-15-23(27)29-17(2)24(28)25-21-9-5-7-18-6-3-4-8-20(18)21/h3-4,6,8,10-13,17,21H,5,7,9,14-15H2,1-2H3,(H,25,28). The third-order valence-corrected chi connectivity index (χ3v) is 5.29. The number of aryl methyl sites for hydroxylation is 2. The van der Waals surface area contributed by atoms with E-state index < -0.39 is 12.1 Å². The van der Waals surface area contributed by atoms with Crippen molar-refractivity contribution in [1.82, 2.24) is 5.32 Å². The van der Waals surface area contributed by atoms with Crippen molar-refractivity contribution in [1.29, 1.82) is 0 Å². The van der Waals surface area contributed by atoms with Crippen LogP contribution in [0.15, 0.2) is 48.5 Å². The first kappa shape index (κ1) is 20.8. The summed E-state index contributed by atoms with van der Waals surface area (Å²) in [6, 6.07) is 15.3. The molecule has 1 aliphatic rings. The van der Waals surface area contributed by atoms with Crippen molar-refractivity contribution in [2.75, 3.05) is 0 Å². The molecule has 5 nitrogen and oxygen atoms in total. The van der Waals surface area contributed by atoms with Crippen LogP contribution in [-0.4, -0.2) is 23.8 Å². The Balaban J connectivity index is 1.47. The predicted molar refractivity (Wildman–Crippen MR) is 111 cm³/mol. The molecule has 0 aliphatic heterocycles. The van der Waals surface area contributed by atoms with Gasteiger partial charge in [0.1, 0.15) is 0 Å². The van der Waals surface area contributed by atoms with Gasteiger partial charge in [-0.15, -0.1) is 0 Å². The molecule has 1 N–H and O–H groups in total. The van der Waals surface area contributed by atoms with Crippen molar-refractivity contribution in [3.05, 3.63) is 70.8 Å². The second-order valence-corrected chi connectivity index (χ2v) is 7.57. The first-order valence-electron chi connectivity index (χ1n) is 10.1. The summed E-state index contributed by atoms with van der Waals surface area (Å²) in [5.41, 5.74) is 4.03. The molecule has 0 radical (unpaired) electrons. The van der Waals surface area contributed by atoms with E-state index in [4.69, 9.17) is 4.74 Å². The number of esters is 1. The van der Waals surface area contributed by atoms with Gasteiger partial charge in [0, 0.05) is 12.0 Å². The molecule has 152 valence electrons. The van der Waals surface area contributed by atoms with E-state index in [0.29, 0.717) is 5.56 Å². The van der Waals surface area contributed by atoms with Crippen LogP contribution in [0, 0.1) is 6.92 Å². The van der Waals surface area contributed by atoms with Gasteiger partial charge in [-0.25, -0.2) is 0 Å². The van der Waals surface area contributed by atoms with Crippen LogP contribution < -0.4 is 5.32 Å². The molecule has 3 rings (SSSR count). The summed E-state index contributed by atoms with van der Waals surface area (Å²) in [4.78, 5) is 36.7. The average Bonchev–Trinajstić information content (AvgIpc) is 2.72. The zero-order valence-corrected chi connectivity index (χ0v) is 16.9. The molecule has 0 heterocycles. The number of fused-ring (bicyclic) bond motifs is 1. The number of hydrogen-bond acceptors (Lipinski definition) is 4. The lowest BCUT2D eigenvalue weighted by molar-refractivity contribution is -0.155. The largest absolute Gasteiger partial charge is 0.453 e. The maximum Gasteiger partial charge on any atom is 0.307 e. The monoisotopic (exact) mass is 393 g/mol. The fourth-order valence-electron chi connectivity index (χ4n) is 3.60. The summed E-state index contributed by atoms with van der Waals surface area (Å²) in [5, 5.41) is 2.99. The van der Waals surface area contributed by atoms with Crippen molar-refractivity contribution < 1.29 is 19.1 Å². The van der Waals surface area contributed by atoms with Crippen LogP contribution in [0.3, 0.4) is 0 Å². The Morgan fingerprint density at radius 2 is 1.79 bits per heavy atom. The topological polar surface area (TPSA) is 72.5 Å². The maximum atomic E-state index is 12.5. The summed E-state index contributed by atoms with van der Waals surface area (Å²) in [5.74, 6) is -0.972. The molecule has 2 unspecified atom stereocenters. The number of ketones is 1. The summed E-state index contributed by atoms with van der Waals surface area (Å²) in [6.45, 7) is 3.51. The van der Waals surface area contributed by atoms with Crippen LogP contribution >= 0.6 is 0 Å². The molecule has 1 aliphatic carbocycles. The van der Waals surface area contributed by atoms with Gasteiger partial charge < -0.3 is 10.1 Å². The smallest absolute Gasteiger partial charge is 0.307 e. The van der Waals surface area contributed by atoms with Gasteiger partial charge in [-0.2, -0.15) is 0 Å². The second-order valence-electron chi connectivity index (χ2n) is 7.57. The van der Waals surface area contributed by atoms with Gasteiger partial charge in [0.05, 0.1) is 12.5 Å². The number of rotatable bonds is 7. The number of benzene rings is 2. The quantitative estimate of drug-likeness (QED) is 0.568. The second kappa shape index (κ2) is 9.50. The summed E-state index contributed by atoms with van der Waals surface area (Å²) < 4.78 is 5.24. The van der Waals surface area contributed by atoms with E-state index in [9.17, 15) is 14.4 Å². The number of hydrogen-bond donors (Lipinski definition) is 1. The summed E-state index contributed by atoms with van der Waals surface area (Å²) >= 11 is 0. The Hall–Kier alpha value is -2.95. The maximum absolute atomic E-state index is 12.5. The fourth-order valence-corrected chi connectivity index (χ4v) is 3.60. The first-order valence-corrected chi connectivity index (χ1v) is 10.1. The van der Waals surface area contributed by atoms with Crippen molar-refractivity contribution in [3.8, 4) is 0 Å². The summed E-state index contributed by atoms with van der Waals surface area (Å²) in [7, 11) is 0. The Bertz CT molecular complexity index is 888. The van der Waals surface area contributed by atoms with Crippen molar-refractivity contribution in [2.45, 2.75) is 58.1 Å². The molecule has 5 heteroatoms. The first-order chi connectivity index (χ1) is 13.9. The average molecular weight is 393 g/mol. The van der Waals surface area contributed by atoms with Gasteiger partial charge >= 0.3 is 5.97 Å². The highest BCUT2D eigenvalue weighted by molar-refractivity contribution is 5.97. The van der Waals surface area contributed by atoms with Crippen LogP contribution in [0.4, 0.5) is 0 Å². The molecule has 0 saturated carbocycles. The van der Waals surface area contributed by atoms with Gasteiger partial charge in [0.15, 0.2) is 11.9 Å². The molecular formula is C24H27NO4. The molecule has 29 heavy (non-hydrogen) atoms. The van der Waals surface area contributed by atoms with Crippen LogP contribution in [-0.2, 0) is 20.7 Å². The highest BCUT2D eigenvalue weighted by Gasteiger charge is 2.25. The van der Waals surface area contributed by atoms with E-state index in [0.717, 1.165) is 30.4 Å². The molecule has 1 amide bonds. The minimum Gasteiger partial charge on any atom is -0.453 e. The van der Waals surface area contributed by atoms with Gasteiger partial charge in [-0.1, -0.05) is 54.1 Å². The highest BCUT2D eigenvalue weighted by Crippen LogP contribution is 2.29. The minimum absolute atomic E-state index is 0.0450.